The fraction of sp³-hybridized carbons (Fsp3) is 0.400. The Morgan fingerprint density at radius 2 is 1.34 bits per heavy atom. The summed E-state index contributed by atoms with van der Waals surface area (Å²) in [6.07, 6.45) is 1.21. The maximum atomic E-state index is 11.5. The van der Waals surface area contributed by atoms with Gasteiger partial charge < -0.3 is 20.3 Å². The van der Waals surface area contributed by atoms with Crippen molar-refractivity contribution >= 4 is 5.82 Å². The van der Waals surface area contributed by atoms with Crippen LogP contribution in [0.25, 0.3) is 0 Å². The number of nitrogens with zero attached hydrogens (tertiary/aromatic N) is 3. The van der Waals surface area contributed by atoms with E-state index in [0.717, 1.165) is 11.1 Å². The van der Waals surface area contributed by atoms with Crippen molar-refractivity contribution in [1.29, 1.82) is 0 Å². The highest BCUT2D eigenvalue weighted by Gasteiger charge is 2.34. The minimum atomic E-state index is -0.710. The number of nitro groups is 1. The molecule has 1 heterocycles. The lowest BCUT2D eigenvalue weighted by Crippen LogP contribution is -2.17. The fourth-order valence-corrected chi connectivity index (χ4v) is 4.10. The van der Waals surface area contributed by atoms with E-state index in [1.807, 2.05) is 65.8 Å². The number of phenolic OH excluding ortho intramolecular Hbond substituents is 2. The monoisotopic (exact) mass is 437 g/mol. The normalized spacial score (nSPS) is 12.4. The van der Waals surface area contributed by atoms with Gasteiger partial charge in [0.25, 0.3) is 0 Å². The van der Waals surface area contributed by atoms with Gasteiger partial charge in [0.05, 0.1) is 13.0 Å². The average molecular weight is 438 g/mol. The molecule has 0 spiro atoms. The molecule has 170 valence electrons. The summed E-state index contributed by atoms with van der Waals surface area (Å²) in [5.74, 6) is -0.326. The molecule has 0 atom stereocenters. The Balaban J connectivity index is 2.38. The summed E-state index contributed by atoms with van der Waals surface area (Å²) in [5, 5.41) is 34.1. The first-order valence-corrected chi connectivity index (χ1v) is 10.6. The zero-order chi connectivity index (χ0) is 24.0. The summed E-state index contributed by atoms with van der Waals surface area (Å²) >= 11 is 0. The minimum absolute atomic E-state index is 0.0937. The first-order valence-electron chi connectivity index (χ1n) is 10.6. The average Bonchev–Trinajstić information content (AvgIpc) is 3.04. The lowest BCUT2D eigenvalue weighted by atomic mass is 9.79. The van der Waals surface area contributed by atoms with E-state index in [1.165, 1.54) is 10.8 Å². The molecule has 0 aliphatic heterocycles. The number of para-hydroxylation sites is 2. The summed E-state index contributed by atoms with van der Waals surface area (Å²) < 4.78 is 1.40. The molecule has 0 aliphatic rings. The van der Waals surface area contributed by atoms with Crippen LogP contribution in [-0.2, 0) is 17.9 Å². The maximum Gasteiger partial charge on any atom is 0.342 e. The van der Waals surface area contributed by atoms with Crippen molar-refractivity contribution in [3.63, 3.8) is 0 Å². The molecule has 0 bridgehead atoms. The lowest BCUT2D eigenvalue weighted by molar-refractivity contribution is -0.391. The van der Waals surface area contributed by atoms with E-state index in [0.29, 0.717) is 17.0 Å². The standard InChI is InChI=1S/C25H31N3O4/c1-24(2,3)17-12-8-10-15(21(17)29)20(23-26-14-19(27(23)7)28(31)32)16-11-9-13-18(22(16)30)25(4,5)6/h8-14,20,29-30H,1-7H3. The second-order valence-electron chi connectivity index (χ2n) is 10.2. The van der Waals surface area contributed by atoms with Crippen LogP contribution in [0, 0.1) is 10.1 Å². The molecular weight excluding hydrogens is 406 g/mol. The summed E-state index contributed by atoms with van der Waals surface area (Å²) in [6.45, 7) is 12.0. The number of hydrogen-bond donors (Lipinski definition) is 2. The molecular formula is C25H31N3O4. The zero-order valence-electron chi connectivity index (χ0n) is 19.7. The highest BCUT2D eigenvalue weighted by atomic mass is 16.6. The summed E-state index contributed by atoms with van der Waals surface area (Å²) in [6, 6.07) is 11.0. The van der Waals surface area contributed by atoms with Crippen molar-refractivity contribution < 1.29 is 15.1 Å². The molecule has 0 saturated heterocycles. The van der Waals surface area contributed by atoms with Gasteiger partial charge in [-0.25, -0.2) is 9.55 Å². The molecule has 0 fully saturated rings. The van der Waals surface area contributed by atoms with Gasteiger partial charge in [-0.05, 0) is 26.9 Å². The van der Waals surface area contributed by atoms with E-state index in [9.17, 15) is 20.3 Å². The molecule has 0 radical (unpaired) electrons. The van der Waals surface area contributed by atoms with Crippen molar-refractivity contribution in [3.05, 3.63) is 80.8 Å². The third-order valence-electron chi connectivity index (χ3n) is 5.82. The molecule has 7 nitrogen and oxygen atoms in total. The van der Waals surface area contributed by atoms with Crippen molar-refractivity contribution in [2.45, 2.75) is 58.3 Å². The zero-order valence-corrected chi connectivity index (χ0v) is 19.7. The number of imidazole rings is 1. The fourth-order valence-electron chi connectivity index (χ4n) is 4.10. The molecule has 32 heavy (non-hydrogen) atoms. The Morgan fingerprint density at radius 3 is 1.69 bits per heavy atom. The summed E-state index contributed by atoms with van der Waals surface area (Å²) in [4.78, 5) is 15.3. The Bertz CT molecular complexity index is 1100. The summed E-state index contributed by atoms with van der Waals surface area (Å²) in [7, 11) is 1.57. The van der Waals surface area contributed by atoms with Gasteiger partial charge in [-0.15, -0.1) is 0 Å². The van der Waals surface area contributed by atoms with Crippen LogP contribution in [0.4, 0.5) is 5.82 Å². The van der Waals surface area contributed by atoms with Gasteiger partial charge in [-0.2, -0.15) is 0 Å². The maximum absolute atomic E-state index is 11.5. The molecule has 0 amide bonds. The second-order valence-corrected chi connectivity index (χ2v) is 10.2. The van der Waals surface area contributed by atoms with Crippen LogP contribution in [-0.4, -0.2) is 24.7 Å². The predicted octanol–water partition coefficient (Wildman–Crippen LogP) is 5.51. The van der Waals surface area contributed by atoms with Gasteiger partial charge in [0.1, 0.15) is 17.7 Å². The van der Waals surface area contributed by atoms with Gasteiger partial charge in [0, 0.05) is 11.1 Å². The van der Waals surface area contributed by atoms with Gasteiger partial charge in [0.15, 0.2) is 0 Å². The molecule has 7 heteroatoms. The number of rotatable bonds is 4. The summed E-state index contributed by atoms with van der Waals surface area (Å²) in [5.41, 5.74) is 1.90. The van der Waals surface area contributed by atoms with E-state index < -0.39 is 10.8 Å². The lowest BCUT2D eigenvalue weighted by Gasteiger charge is -2.27. The number of phenols is 2. The van der Waals surface area contributed by atoms with E-state index in [-0.39, 0.29) is 28.1 Å². The molecule has 0 unspecified atom stereocenters. The van der Waals surface area contributed by atoms with Crippen LogP contribution in [0.3, 0.4) is 0 Å². The molecule has 2 N–H and O–H groups in total. The van der Waals surface area contributed by atoms with Crippen LogP contribution >= 0.6 is 0 Å². The smallest absolute Gasteiger partial charge is 0.342 e. The Hall–Kier alpha value is -3.35. The quantitative estimate of drug-likeness (QED) is 0.414. The Labute approximate surface area is 188 Å². The number of hydrogen-bond acceptors (Lipinski definition) is 5. The van der Waals surface area contributed by atoms with Crippen LogP contribution in [0.1, 0.15) is 75.5 Å². The van der Waals surface area contributed by atoms with Crippen LogP contribution in [0.5, 0.6) is 11.5 Å². The Morgan fingerprint density at radius 1 is 0.906 bits per heavy atom. The van der Waals surface area contributed by atoms with Crippen LogP contribution in [0.2, 0.25) is 0 Å². The number of aromatic nitrogens is 2. The SMILES string of the molecule is Cn1c([N+](=O)[O-])cnc1C(c1cccc(C(C)(C)C)c1O)c1cccc(C(C)(C)C)c1O. The van der Waals surface area contributed by atoms with Crippen molar-refractivity contribution in [2.75, 3.05) is 0 Å². The largest absolute Gasteiger partial charge is 0.507 e. The number of benzene rings is 2. The number of aromatic hydroxyl groups is 2. The third-order valence-corrected chi connectivity index (χ3v) is 5.82. The van der Waals surface area contributed by atoms with Crippen molar-refractivity contribution in [3.8, 4) is 11.5 Å². The van der Waals surface area contributed by atoms with E-state index in [1.54, 1.807) is 19.2 Å². The van der Waals surface area contributed by atoms with Crippen molar-refractivity contribution in [2.24, 2.45) is 7.05 Å². The van der Waals surface area contributed by atoms with E-state index in [4.69, 9.17) is 0 Å². The van der Waals surface area contributed by atoms with Crippen molar-refractivity contribution in [1.82, 2.24) is 9.55 Å². The van der Waals surface area contributed by atoms with Gasteiger partial charge in [-0.1, -0.05) is 77.9 Å². The molecule has 3 rings (SSSR count). The molecule has 0 aliphatic carbocycles. The molecule has 0 saturated carbocycles. The molecule has 1 aromatic heterocycles. The second kappa shape index (κ2) is 7.97. The van der Waals surface area contributed by atoms with Gasteiger partial charge in [0.2, 0.25) is 5.82 Å². The first-order chi connectivity index (χ1) is 14.7. The molecule has 3 aromatic rings. The van der Waals surface area contributed by atoms with E-state index >= 15 is 0 Å². The van der Waals surface area contributed by atoms with Gasteiger partial charge in [-0.3, -0.25) is 0 Å². The van der Waals surface area contributed by atoms with Gasteiger partial charge >= 0.3 is 5.82 Å². The Kier molecular flexibility index (Phi) is 5.80. The predicted molar refractivity (Wildman–Crippen MR) is 124 cm³/mol. The highest BCUT2D eigenvalue weighted by molar-refractivity contribution is 5.56. The first kappa shape index (κ1) is 23.3. The third kappa shape index (κ3) is 4.07. The van der Waals surface area contributed by atoms with E-state index in [2.05, 4.69) is 4.98 Å². The molecule has 2 aromatic carbocycles. The topological polar surface area (TPSA) is 101 Å². The van der Waals surface area contributed by atoms with Crippen LogP contribution < -0.4 is 0 Å². The highest BCUT2D eigenvalue weighted by Crippen LogP contribution is 2.46. The van der Waals surface area contributed by atoms with Crippen LogP contribution in [0.15, 0.2) is 42.6 Å². The minimum Gasteiger partial charge on any atom is -0.507 e.